The number of hydrogen-bond donors (Lipinski definition) is 0. The second-order valence-corrected chi connectivity index (χ2v) is 2.92. The van der Waals surface area contributed by atoms with Gasteiger partial charge >= 0.3 is 0 Å². The van der Waals surface area contributed by atoms with Gasteiger partial charge in [0.2, 0.25) is 0 Å². The molecular weight excluding hydrogens is 164 g/mol. The quantitative estimate of drug-likeness (QED) is 0.432. The fourth-order valence-corrected chi connectivity index (χ4v) is 0.806. The number of halogens is 1. The van der Waals surface area contributed by atoms with E-state index >= 15 is 0 Å². The van der Waals surface area contributed by atoms with Crippen molar-refractivity contribution in [1.82, 2.24) is 4.90 Å². The Labute approximate surface area is 72.0 Å². The smallest absolute Gasteiger partial charge is 0.0944 e. The molecular formula is C7H13ClN2O. The van der Waals surface area contributed by atoms with Crippen LogP contribution in [0.2, 0.25) is 0 Å². The molecule has 2 aliphatic rings. The molecule has 0 amide bonds. The Morgan fingerprint density at radius 2 is 2.55 bits per heavy atom. The minimum atomic E-state index is 0.400. The van der Waals surface area contributed by atoms with Crippen LogP contribution in [0.5, 0.6) is 0 Å². The Morgan fingerprint density at radius 3 is 2.64 bits per heavy atom. The molecule has 0 saturated carbocycles. The summed E-state index contributed by atoms with van der Waals surface area (Å²) in [6.07, 6.45) is 2.26. The zero-order chi connectivity index (χ0) is 8.10. The largest absolute Gasteiger partial charge is 0.372 e. The van der Waals surface area contributed by atoms with E-state index in [0.29, 0.717) is 12.0 Å². The van der Waals surface area contributed by atoms with Gasteiger partial charge in [0.25, 0.3) is 0 Å². The number of epoxide rings is 1. The molecule has 64 valence electrons. The van der Waals surface area contributed by atoms with Gasteiger partial charge in [0.05, 0.1) is 31.5 Å². The van der Waals surface area contributed by atoms with E-state index in [1.54, 1.807) is 0 Å². The minimum Gasteiger partial charge on any atom is -0.372 e. The Balaban J connectivity index is 0.000000112. The molecule has 0 bridgehead atoms. The summed E-state index contributed by atoms with van der Waals surface area (Å²) < 4.78 is 4.73. The normalized spacial score (nSPS) is 26.4. The molecule has 2 aliphatic heterocycles. The van der Waals surface area contributed by atoms with Gasteiger partial charge in [-0.25, -0.2) is 0 Å². The number of ether oxygens (including phenoxy) is 1. The van der Waals surface area contributed by atoms with Gasteiger partial charge in [-0.2, -0.15) is 0 Å². The Morgan fingerprint density at radius 1 is 1.82 bits per heavy atom. The molecule has 0 aromatic rings. The van der Waals surface area contributed by atoms with Crippen molar-refractivity contribution in [3.8, 4) is 0 Å². The zero-order valence-corrected chi connectivity index (χ0v) is 7.42. The average molecular weight is 177 g/mol. The first-order chi connectivity index (χ1) is 5.33. The number of aliphatic imine (C=N–C) groups is 1. The highest BCUT2D eigenvalue weighted by molar-refractivity contribution is 6.18. The van der Waals surface area contributed by atoms with E-state index < -0.39 is 0 Å². The third-order valence-electron chi connectivity index (χ3n) is 1.44. The van der Waals surface area contributed by atoms with Gasteiger partial charge in [0.1, 0.15) is 0 Å². The van der Waals surface area contributed by atoms with Crippen LogP contribution in [-0.2, 0) is 4.74 Å². The van der Waals surface area contributed by atoms with Gasteiger partial charge < -0.3 is 9.64 Å². The Hall–Kier alpha value is -0.280. The van der Waals surface area contributed by atoms with E-state index in [-0.39, 0.29) is 0 Å². The molecule has 0 N–H and O–H groups in total. The molecule has 0 aromatic carbocycles. The van der Waals surface area contributed by atoms with Crippen molar-refractivity contribution >= 4 is 17.9 Å². The van der Waals surface area contributed by atoms with Crippen LogP contribution >= 0.6 is 11.6 Å². The first-order valence-electron chi connectivity index (χ1n) is 3.70. The highest BCUT2D eigenvalue weighted by Crippen LogP contribution is 2.08. The highest BCUT2D eigenvalue weighted by atomic mass is 35.5. The molecule has 0 aromatic heterocycles. The molecule has 2 rings (SSSR count). The highest BCUT2D eigenvalue weighted by Gasteiger charge is 2.19. The lowest BCUT2D eigenvalue weighted by molar-refractivity contribution is 0.425. The molecule has 1 fully saturated rings. The van der Waals surface area contributed by atoms with Gasteiger partial charge in [-0.3, -0.25) is 4.99 Å². The fraction of sp³-hybridized carbons (Fsp3) is 0.857. The molecule has 11 heavy (non-hydrogen) atoms. The molecule has 0 aliphatic carbocycles. The van der Waals surface area contributed by atoms with Crippen LogP contribution in [0.25, 0.3) is 0 Å². The minimum absolute atomic E-state index is 0.400. The third kappa shape index (κ3) is 4.22. The summed E-state index contributed by atoms with van der Waals surface area (Å²) in [7, 11) is 2.02. The van der Waals surface area contributed by atoms with Gasteiger partial charge in [0, 0.05) is 13.6 Å². The van der Waals surface area contributed by atoms with Gasteiger partial charge in [-0.15, -0.1) is 11.6 Å². The molecule has 2 heterocycles. The van der Waals surface area contributed by atoms with E-state index in [1.165, 1.54) is 0 Å². The van der Waals surface area contributed by atoms with Crippen LogP contribution in [0.1, 0.15) is 0 Å². The predicted octanol–water partition coefficient (Wildman–Crippen LogP) is 0.584. The summed E-state index contributed by atoms with van der Waals surface area (Å²) in [6, 6.07) is 0. The molecule has 1 unspecified atom stereocenters. The van der Waals surface area contributed by atoms with Crippen LogP contribution in [0, 0.1) is 0 Å². The summed E-state index contributed by atoms with van der Waals surface area (Å²) >= 11 is 5.27. The summed E-state index contributed by atoms with van der Waals surface area (Å²) in [5.41, 5.74) is 0. The Bertz CT molecular complexity index is 136. The molecule has 0 radical (unpaired) electrons. The average Bonchev–Trinajstić information content (AvgIpc) is 2.75. The molecule has 1 saturated heterocycles. The summed E-state index contributed by atoms with van der Waals surface area (Å²) in [5, 5.41) is 0. The first-order valence-corrected chi connectivity index (χ1v) is 4.24. The maximum absolute atomic E-state index is 5.27. The van der Waals surface area contributed by atoms with Crippen molar-refractivity contribution < 1.29 is 4.74 Å². The summed E-state index contributed by atoms with van der Waals surface area (Å²) in [5.74, 6) is 0.667. The number of rotatable bonds is 1. The van der Waals surface area contributed by atoms with Crippen LogP contribution in [0.3, 0.4) is 0 Å². The van der Waals surface area contributed by atoms with Crippen molar-refractivity contribution in [2.45, 2.75) is 6.10 Å². The van der Waals surface area contributed by atoms with Crippen molar-refractivity contribution in [3.05, 3.63) is 0 Å². The monoisotopic (exact) mass is 176 g/mol. The van der Waals surface area contributed by atoms with E-state index in [4.69, 9.17) is 16.3 Å². The second kappa shape index (κ2) is 4.57. The SMILES string of the molecule is CN1C=NCC1.ClCC1CO1. The van der Waals surface area contributed by atoms with Crippen molar-refractivity contribution in [1.29, 1.82) is 0 Å². The zero-order valence-electron chi connectivity index (χ0n) is 6.66. The van der Waals surface area contributed by atoms with Crippen molar-refractivity contribution in [2.75, 3.05) is 32.6 Å². The number of hydrogen-bond acceptors (Lipinski definition) is 3. The molecule has 3 nitrogen and oxygen atoms in total. The molecule has 1 atom stereocenters. The van der Waals surface area contributed by atoms with Gasteiger partial charge in [-0.1, -0.05) is 0 Å². The second-order valence-electron chi connectivity index (χ2n) is 2.61. The number of likely N-dealkylation sites (N-methyl/N-ethyl adjacent to an activating group) is 1. The van der Waals surface area contributed by atoms with E-state index in [0.717, 1.165) is 19.7 Å². The van der Waals surface area contributed by atoms with Gasteiger partial charge in [-0.05, 0) is 0 Å². The lowest BCUT2D eigenvalue weighted by Crippen LogP contribution is -2.11. The predicted molar refractivity (Wildman–Crippen MR) is 46.4 cm³/mol. The number of alkyl halides is 1. The van der Waals surface area contributed by atoms with Gasteiger partial charge in [0.15, 0.2) is 0 Å². The van der Waals surface area contributed by atoms with Crippen LogP contribution in [-0.4, -0.2) is 50.0 Å². The van der Waals surface area contributed by atoms with Crippen molar-refractivity contribution in [2.24, 2.45) is 4.99 Å². The number of nitrogens with zero attached hydrogens (tertiary/aromatic N) is 2. The third-order valence-corrected chi connectivity index (χ3v) is 1.78. The van der Waals surface area contributed by atoms with Crippen molar-refractivity contribution in [3.63, 3.8) is 0 Å². The van der Waals surface area contributed by atoms with E-state index in [9.17, 15) is 0 Å². The van der Waals surface area contributed by atoms with Crippen LogP contribution in [0.4, 0.5) is 0 Å². The summed E-state index contributed by atoms with van der Waals surface area (Å²) in [4.78, 5) is 6.03. The maximum Gasteiger partial charge on any atom is 0.0944 e. The lowest BCUT2D eigenvalue weighted by atomic mass is 10.6. The van der Waals surface area contributed by atoms with E-state index in [2.05, 4.69) is 9.89 Å². The first kappa shape index (κ1) is 8.81. The maximum atomic E-state index is 5.27. The molecule has 0 spiro atoms. The van der Waals surface area contributed by atoms with E-state index in [1.807, 2.05) is 13.4 Å². The van der Waals surface area contributed by atoms with Crippen LogP contribution in [0.15, 0.2) is 4.99 Å². The fourth-order valence-electron chi connectivity index (χ4n) is 0.627. The van der Waals surface area contributed by atoms with Crippen LogP contribution < -0.4 is 0 Å². The Kier molecular flexibility index (Phi) is 3.66. The summed E-state index contributed by atoms with van der Waals surface area (Å²) in [6.45, 7) is 2.96. The topological polar surface area (TPSA) is 28.1 Å². The molecule has 4 heteroatoms. The lowest BCUT2D eigenvalue weighted by Gasteiger charge is -1.99. The standard InChI is InChI=1S/C4H8N2.C3H5ClO/c1-6-3-2-5-4-6;4-1-3-2-5-3/h4H,2-3H2,1H3;3H,1-2H2.